The molecular weight excluding hydrogens is 318 g/mol. The molecule has 0 bridgehead atoms. The molecule has 5 heteroatoms. The topological polar surface area (TPSA) is 74.7 Å². The van der Waals surface area contributed by atoms with Crippen LogP contribution in [0.2, 0.25) is 0 Å². The van der Waals surface area contributed by atoms with Crippen molar-refractivity contribution >= 4 is 17.7 Å². The summed E-state index contributed by atoms with van der Waals surface area (Å²) in [6.45, 7) is 8.51. The number of hydrogen-bond acceptors (Lipinski definition) is 3. The van der Waals surface area contributed by atoms with Gasteiger partial charge in [-0.15, -0.1) is 0 Å². The summed E-state index contributed by atoms with van der Waals surface area (Å²) >= 11 is 0. The fourth-order valence-corrected chi connectivity index (χ4v) is 3.80. The number of carboxylic acid groups (broad SMARTS) is 1. The van der Waals surface area contributed by atoms with E-state index in [1.807, 2.05) is 39.8 Å². The summed E-state index contributed by atoms with van der Waals surface area (Å²) in [5.74, 6) is -1.34. The van der Waals surface area contributed by atoms with E-state index >= 15 is 0 Å². The lowest BCUT2D eigenvalue weighted by Crippen LogP contribution is -2.29. The number of aliphatic carboxylic acids is 1. The highest BCUT2D eigenvalue weighted by Crippen LogP contribution is 2.24. The standard InChI is InChI=1S/C20H27NO4/c1-12-8-13(2)19(14(3)9-12)17(22)6-5-7-18(23)21-10-15(4)16(11-21)20(24)25/h8-9,15-16H,5-7,10-11H2,1-4H3,(H,24,25)/t15-,16-/m1/s1. The second-order valence-corrected chi connectivity index (χ2v) is 7.27. The largest absolute Gasteiger partial charge is 0.481 e. The molecule has 1 saturated heterocycles. The monoisotopic (exact) mass is 345 g/mol. The Labute approximate surface area is 149 Å². The van der Waals surface area contributed by atoms with Crippen LogP contribution in [-0.2, 0) is 9.59 Å². The average molecular weight is 345 g/mol. The quantitative estimate of drug-likeness (QED) is 0.804. The second kappa shape index (κ2) is 7.81. The molecule has 1 aromatic carbocycles. The first-order valence-electron chi connectivity index (χ1n) is 8.82. The summed E-state index contributed by atoms with van der Waals surface area (Å²) in [6.07, 6.45) is 1.12. The van der Waals surface area contributed by atoms with Gasteiger partial charge in [0.15, 0.2) is 5.78 Å². The van der Waals surface area contributed by atoms with E-state index in [0.29, 0.717) is 19.4 Å². The van der Waals surface area contributed by atoms with Gasteiger partial charge in [-0.25, -0.2) is 0 Å². The average Bonchev–Trinajstić information content (AvgIpc) is 2.88. The van der Waals surface area contributed by atoms with Crippen molar-refractivity contribution in [1.82, 2.24) is 4.90 Å². The molecule has 1 amide bonds. The number of benzene rings is 1. The zero-order valence-corrected chi connectivity index (χ0v) is 15.5. The molecule has 1 fully saturated rings. The van der Waals surface area contributed by atoms with Crippen LogP contribution in [0.15, 0.2) is 12.1 Å². The van der Waals surface area contributed by atoms with Crippen LogP contribution in [0.4, 0.5) is 0 Å². The van der Waals surface area contributed by atoms with Crippen molar-refractivity contribution in [2.45, 2.75) is 47.0 Å². The fourth-order valence-electron chi connectivity index (χ4n) is 3.80. The Morgan fingerprint density at radius 1 is 1.08 bits per heavy atom. The van der Waals surface area contributed by atoms with Crippen molar-refractivity contribution in [3.05, 3.63) is 34.4 Å². The van der Waals surface area contributed by atoms with Crippen molar-refractivity contribution in [3.8, 4) is 0 Å². The van der Waals surface area contributed by atoms with Crippen molar-refractivity contribution in [2.75, 3.05) is 13.1 Å². The van der Waals surface area contributed by atoms with Crippen LogP contribution >= 0.6 is 0 Å². The highest BCUT2D eigenvalue weighted by Gasteiger charge is 2.36. The molecule has 0 radical (unpaired) electrons. The number of rotatable bonds is 6. The third-order valence-electron chi connectivity index (χ3n) is 5.03. The molecule has 1 aliphatic heterocycles. The summed E-state index contributed by atoms with van der Waals surface area (Å²) < 4.78 is 0. The molecule has 0 saturated carbocycles. The summed E-state index contributed by atoms with van der Waals surface area (Å²) in [5, 5.41) is 9.15. The van der Waals surface area contributed by atoms with Crippen LogP contribution in [0.25, 0.3) is 0 Å². The van der Waals surface area contributed by atoms with Gasteiger partial charge in [0.1, 0.15) is 0 Å². The van der Waals surface area contributed by atoms with Gasteiger partial charge >= 0.3 is 5.97 Å². The molecule has 0 spiro atoms. The predicted molar refractivity (Wildman–Crippen MR) is 95.7 cm³/mol. The highest BCUT2D eigenvalue weighted by atomic mass is 16.4. The predicted octanol–water partition coefficient (Wildman–Crippen LogP) is 3.14. The van der Waals surface area contributed by atoms with Gasteiger partial charge in [0.05, 0.1) is 5.92 Å². The fraction of sp³-hybridized carbons (Fsp3) is 0.550. The maximum Gasteiger partial charge on any atom is 0.308 e. The van der Waals surface area contributed by atoms with Gasteiger partial charge in [0.25, 0.3) is 0 Å². The molecule has 1 aromatic rings. The Kier molecular flexibility index (Phi) is 5.98. The summed E-state index contributed by atoms with van der Waals surface area (Å²) in [6, 6.07) is 4.01. The number of nitrogens with zero attached hydrogens (tertiary/aromatic N) is 1. The minimum Gasteiger partial charge on any atom is -0.481 e. The number of aryl methyl sites for hydroxylation is 3. The van der Waals surface area contributed by atoms with Crippen LogP contribution in [0.3, 0.4) is 0 Å². The molecule has 25 heavy (non-hydrogen) atoms. The maximum atomic E-state index is 12.5. The van der Waals surface area contributed by atoms with Crippen LogP contribution in [0.5, 0.6) is 0 Å². The number of hydrogen-bond donors (Lipinski definition) is 1. The van der Waals surface area contributed by atoms with Crippen LogP contribution in [-0.4, -0.2) is 40.8 Å². The van der Waals surface area contributed by atoms with Crippen molar-refractivity contribution in [1.29, 1.82) is 0 Å². The van der Waals surface area contributed by atoms with Gasteiger partial charge in [-0.1, -0.05) is 24.6 Å². The molecule has 2 rings (SSSR count). The Morgan fingerprint density at radius 2 is 1.68 bits per heavy atom. The Morgan fingerprint density at radius 3 is 2.20 bits per heavy atom. The van der Waals surface area contributed by atoms with Crippen molar-refractivity contribution in [2.24, 2.45) is 11.8 Å². The lowest BCUT2D eigenvalue weighted by molar-refractivity contribution is -0.142. The van der Waals surface area contributed by atoms with E-state index in [2.05, 4.69) is 0 Å². The van der Waals surface area contributed by atoms with E-state index in [9.17, 15) is 14.4 Å². The third kappa shape index (κ3) is 4.47. The minimum atomic E-state index is -0.844. The van der Waals surface area contributed by atoms with E-state index in [4.69, 9.17) is 5.11 Å². The normalized spacial score (nSPS) is 19.9. The van der Waals surface area contributed by atoms with Crippen molar-refractivity contribution in [3.63, 3.8) is 0 Å². The molecule has 1 aliphatic rings. The Bertz CT molecular complexity index is 672. The number of carbonyl (C=O) groups excluding carboxylic acids is 2. The van der Waals surface area contributed by atoms with E-state index in [0.717, 1.165) is 22.3 Å². The number of amides is 1. The van der Waals surface area contributed by atoms with Gasteiger partial charge in [-0.2, -0.15) is 0 Å². The Balaban J connectivity index is 1.88. The number of likely N-dealkylation sites (tertiary alicyclic amines) is 1. The zero-order valence-electron chi connectivity index (χ0n) is 15.5. The third-order valence-corrected chi connectivity index (χ3v) is 5.03. The molecule has 5 nitrogen and oxygen atoms in total. The number of Topliss-reactive ketones (excluding diaryl/α,β-unsaturated/α-hetero) is 1. The van der Waals surface area contributed by atoms with Gasteiger partial charge in [0, 0.05) is 31.5 Å². The number of carbonyl (C=O) groups is 3. The Hall–Kier alpha value is -2.17. The lowest BCUT2D eigenvalue weighted by Gasteiger charge is -2.16. The molecule has 1 N–H and O–H groups in total. The summed E-state index contributed by atoms with van der Waals surface area (Å²) in [4.78, 5) is 37.5. The van der Waals surface area contributed by atoms with Crippen molar-refractivity contribution < 1.29 is 19.5 Å². The van der Waals surface area contributed by atoms with Crippen LogP contribution < -0.4 is 0 Å². The molecule has 136 valence electrons. The van der Waals surface area contributed by atoms with Gasteiger partial charge < -0.3 is 10.0 Å². The SMILES string of the molecule is Cc1cc(C)c(C(=O)CCCC(=O)N2C[C@@H](C)[C@H](C(=O)O)C2)c(C)c1. The number of carboxylic acids is 1. The smallest absolute Gasteiger partial charge is 0.308 e. The van der Waals surface area contributed by atoms with Crippen LogP contribution in [0, 0.1) is 32.6 Å². The first-order valence-corrected chi connectivity index (χ1v) is 8.82. The van der Waals surface area contributed by atoms with Gasteiger partial charge in [-0.3, -0.25) is 14.4 Å². The summed E-state index contributed by atoms with van der Waals surface area (Å²) in [7, 11) is 0. The lowest BCUT2D eigenvalue weighted by atomic mass is 9.94. The van der Waals surface area contributed by atoms with Crippen LogP contribution in [0.1, 0.15) is 53.2 Å². The first-order chi connectivity index (χ1) is 11.7. The molecule has 1 heterocycles. The first kappa shape index (κ1) is 19.2. The molecular formula is C20H27NO4. The number of ketones is 1. The highest BCUT2D eigenvalue weighted by molar-refractivity contribution is 5.99. The summed E-state index contributed by atoms with van der Waals surface area (Å²) in [5.41, 5.74) is 3.86. The van der Waals surface area contributed by atoms with E-state index in [1.54, 1.807) is 4.90 Å². The van der Waals surface area contributed by atoms with E-state index in [1.165, 1.54) is 0 Å². The second-order valence-electron chi connectivity index (χ2n) is 7.27. The zero-order chi connectivity index (χ0) is 18.7. The van der Waals surface area contributed by atoms with Gasteiger partial charge in [-0.05, 0) is 44.2 Å². The molecule has 0 aliphatic carbocycles. The van der Waals surface area contributed by atoms with E-state index in [-0.39, 0.29) is 30.6 Å². The minimum absolute atomic E-state index is 0.0269. The molecule has 0 aromatic heterocycles. The van der Waals surface area contributed by atoms with Gasteiger partial charge in [0.2, 0.25) is 5.91 Å². The molecule has 2 atom stereocenters. The maximum absolute atomic E-state index is 12.5. The molecule has 0 unspecified atom stereocenters. The van der Waals surface area contributed by atoms with E-state index < -0.39 is 11.9 Å².